The quantitative estimate of drug-likeness (QED) is 0.677. The van der Waals surface area contributed by atoms with E-state index in [2.05, 4.69) is 17.2 Å². The van der Waals surface area contributed by atoms with Crippen molar-refractivity contribution in [3.63, 3.8) is 0 Å². The van der Waals surface area contributed by atoms with Gasteiger partial charge >= 0.3 is 0 Å². The van der Waals surface area contributed by atoms with Gasteiger partial charge in [-0.1, -0.05) is 12.5 Å². The van der Waals surface area contributed by atoms with Crippen LogP contribution in [-0.4, -0.2) is 24.5 Å². The van der Waals surface area contributed by atoms with Crippen molar-refractivity contribution in [3.8, 4) is 0 Å². The van der Waals surface area contributed by atoms with Crippen LogP contribution in [0.25, 0.3) is 0 Å². The van der Waals surface area contributed by atoms with Gasteiger partial charge in [0, 0.05) is 18.5 Å². The van der Waals surface area contributed by atoms with Gasteiger partial charge in [-0.05, 0) is 39.2 Å². The maximum absolute atomic E-state index is 11.6. The number of carbonyl (C=O) groups is 1. The summed E-state index contributed by atoms with van der Waals surface area (Å²) in [4.78, 5) is 11.6. The summed E-state index contributed by atoms with van der Waals surface area (Å²) in [6.45, 7) is 6.79. The number of rotatable bonds is 6. The second-order valence-electron chi connectivity index (χ2n) is 4.68. The lowest BCUT2D eigenvalue weighted by Crippen LogP contribution is -2.37. The molecular formula is C13H24N2O. The SMILES string of the molecule is C=CCC(C)NC(=O)CCC1CCCCN1. The molecular weight excluding hydrogens is 200 g/mol. The van der Waals surface area contributed by atoms with E-state index in [1.807, 2.05) is 13.0 Å². The number of hydrogen-bond acceptors (Lipinski definition) is 2. The number of amides is 1. The zero-order valence-electron chi connectivity index (χ0n) is 10.3. The van der Waals surface area contributed by atoms with Crippen LogP contribution in [0.2, 0.25) is 0 Å². The summed E-state index contributed by atoms with van der Waals surface area (Å²) < 4.78 is 0. The molecule has 92 valence electrons. The zero-order chi connectivity index (χ0) is 11.8. The highest BCUT2D eigenvalue weighted by atomic mass is 16.1. The summed E-state index contributed by atoms with van der Waals surface area (Å²) in [5, 5.41) is 6.44. The molecule has 2 N–H and O–H groups in total. The molecule has 0 spiro atoms. The average molecular weight is 224 g/mol. The maximum atomic E-state index is 11.6. The minimum absolute atomic E-state index is 0.168. The second kappa shape index (κ2) is 7.44. The molecule has 0 aromatic rings. The third kappa shape index (κ3) is 5.31. The molecule has 2 unspecified atom stereocenters. The van der Waals surface area contributed by atoms with Crippen LogP contribution in [0.4, 0.5) is 0 Å². The van der Waals surface area contributed by atoms with Crippen LogP contribution in [0.15, 0.2) is 12.7 Å². The topological polar surface area (TPSA) is 41.1 Å². The van der Waals surface area contributed by atoms with Gasteiger partial charge in [0.1, 0.15) is 0 Å². The Bertz CT molecular complexity index is 222. The van der Waals surface area contributed by atoms with E-state index in [1.165, 1.54) is 19.3 Å². The van der Waals surface area contributed by atoms with Crippen molar-refractivity contribution in [1.29, 1.82) is 0 Å². The van der Waals surface area contributed by atoms with Crippen molar-refractivity contribution in [3.05, 3.63) is 12.7 Å². The number of nitrogens with one attached hydrogen (secondary N) is 2. The molecule has 1 aliphatic rings. The average Bonchev–Trinajstić information content (AvgIpc) is 2.28. The van der Waals surface area contributed by atoms with Crippen molar-refractivity contribution in [2.75, 3.05) is 6.54 Å². The van der Waals surface area contributed by atoms with Crippen LogP contribution in [0.3, 0.4) is 0 Å². The largest absolute Gasteiger partial charge is 0.353 e. The highest BCUT2D eigenvalue weighted by Gasteiger charge is 2.14. The van der Waals surface area contributed by atoms with Gasteiger partial charge in [-0.25, -0.2) is 0 Å². The summed E-state index contributed by atoms with van der Waals surface area (Å²) >= 11 is 0. The molecule has 2 atom stereocenters. The summed E-state index contributed by atoms with van der Waals surface area (Å²) in [7, 11) is 0. The van der Waals surface area contributed by atoms with Crippen molar-refractivity contribution in [2.24, 2.45) is 0 Å². The van der Waals surface area contributed by atoms with Crippen LogP contribution in [0.1, 0.15) is 45.4 Å². The molecule has 1 aliphatic heterocycles. The standard InChI is InChI=1S/C13H24N2O/c1-3-6-11(2)15-13(16)9-8-12-7-4-5-10-14-12/h3,11-12,14H,1,4-10H2,2H3,(H,15,16). The van der Waals surface area contributed by atoms with Crippen LogP contribution in [-0.2, 0) is 4.79 Å². The smallest absolute Gasteiger partial charge is 0.220 e. The van der Waals surface area contributed by atoms with E-state index in [1.54, 1.807) is 0 Å². The fourth-order valence-electron chi connectivity index (χ4n) is 2.13. The predicted molar refractivity (Wildman–Crippen MR) is 67.3 cm³/mol. The predicted octanol–water partition coefficient (Wildman–Crippen LogP) is 1.99. The zero-order valence-corrected chi connectivity index (χ0v) is 10.3. The van der Waals surface area contributed by atoms with Crippen molar-refractivity contribution >= 4 is 5.91 Å². The van der Waals surface area contributed by atoms with Gasteiger partial charge in [-0.15, -0.1) is 6.58 Å². The minimum Gasteiger partial charge on any atom is -0.353 e. The molecule has 0 aromatic carbocycles. The van der Waals surface area contributed by atoms with Crippen molar-refractivity contribution in [1.82, 2.24) is 10.6 Å². The van der Waals surface area contributed by atoms with E-state index in [0.717, 1.165) is 19.4 Å². The van der Waals surface area contributed by atoms with E-state index in [9.17, 15) is 4.79 Å². The molecule has 0 bridgehead atoms. The van der Waals surface area contributed by atoms with Gasteiger partial charge in [-0.3, -0.25) is 4.79 Å². The Labute approximate surface area is 98.7 Å². The lowest BCUT2D eigenvalue weighted by atomic mass is 10.0. The molecule has 3 nitrogen and oxygen atoms in total. The fraction of sp³-hybridized carbons (Fsp3) is 0.769. The van der Waals surface area contributed by atoms with Gasteiger partial charge < -0.3 is 10.6 Å². The Morgan fingerprint density at radius 1 is 1.62 bits per heavy atom. The van der Waals surface area contributed by atoms with Gasteiger partial charge in [0.15, 0.2) is 0 Å². The third-order valence-corrected chi connectivity index (χ3v) is 3.06. The fourth-order valence-corrected chi connectivity index (χ4v) is 2.13. The van der Waals surface area contributed by atoms with Gasteiger partial charge in [0.25, 0.3) is 0 Å². The van der Waals surface area contributed by atoms with Crippen LogP contribution >= 0.6 is 0 Å². The third-order valence-electron chi connectivity index (χ3n) is 3.06. The van der Waals surface area contributed by atoms with Gasteiger partial charge in [0.2, 0.25) is 5.91 Å². The van der Waals surface area contributed by atoms with Crippen molar-refractivity contribution in [2.45, 2.75) is 57.5 Å². The Morgan fingerprint density at radius 2 is 2.44 bits per heavy atom. The second-order valence-corrected chi connectivity index (χ2v) is 4.68. The Kier molecular flexibility index (Phi) is 6.16. The van der Waals surface area contributed by atoms with Gasteiger partial charge in [0.05, 0.1) is 0 Å². The highest BCUT2D eigenvalue weighted by molar-refractivity contribution is 5.76. The highest BCUT2D eigenvalue weighted by Crippen LogP contribution is 2.11. The lowest BCUT2D eigenvalue weighted by molar-refractivity contribution is -0.121. The summed E-state index contributed by atoms with van der Waals surface area (Å²) in [6, 6.07) is 0.763. The first-order chi connectivity index (χ1) is 7.72. The Morgan fingerprint density at radius 3 is 3.06 bits per heavy atom. The Hall–Kier alpha value is -0.830. The molecule has 0 radical (unpaired) electrons. The number of hydrogen-bond donors (Lipinski definition) is 2. The van der Waals surface area contributed by atoms with Crippen LogP contribution < -0.4 is 10.6 Å². The summed E-state index contributed by atoms with van der Waals surface area (Å²) in [6.07, 6.45) is 8.08. The molecule has 0 aliphatic carbocycles. The van der Waals surface area contributed by atoms with Crippen LogP contribution in [0.5, 0.6) is 0 Å². The van der Waals surface area contributed by atoms with Gasteiger partial charge in [-0.2, -0.15) is 0 Å². The van der Waals surface area contributed by atoms with E-state index >= 15 is 0 Å². The van der Waals surface area contributed by atoms with E-state index in [0.29, 0.717) is 12.5 Å². The number of carbonyl (C=O) groups excluding carboxylic acids is 1. The first-order valence-electron chi connectivity index (χ1n) is 6.36. The van der Waals surface area contributed by atoms with E-state index in [-0.39, 0.29) is 11.9 Å². The molecule has 0 saturated carbocycles. The molecule has 3 heteroatoms. The van der Waals surface area contributed by atoms with Crippen molar-refractivity contribution < 1.29 is 4.79 Å². The molecule has 1 amide bonds. The summed E-state index contributed by atoms with van der Waals surface area (Å²) in [5.74, 6) is 0.168. The van der Waals surface area contributed by atoms with Crippen LogP contribution in [0, 0.1) is 0 Å². The van der Waals surface area contributed by atoms with E-state index < -0.39 is 0 Å². The summed E-state index contributed by atoms with van der Waals surface area (Å²) in [5.41, 5.74) is 0. The molecule has 1 rings (SSSR count). The molecule has 1 heterocycles. The molecule has 1 fully saturated rings. The molecule has 0 aromatic heterocycles. The monoisotopic (exact) mass is 224 g/mol. The maximum Gasteiger partial charge on any atom is 0.220 e. The van der Waals surface area contributed by atoms with E-state index in [4.69, 9.17) is 0 Å². The lowest BCUT2D eigenvalue weighted by Gasteiger charge is -2.23. The molecule has 16 heavy (non-hydrogen) atoms. The minimum atomic E-state index is 0.168. The number of piperidine rings is 1. The molecule has 1 saturated heterocycles. The normalized spacial score (nSPS) is 22.4. The first-order valence-corrected chi connectivity index (χ1v) is 6.36. The Balaban J connectivity index is 2.11. The first kappa shape index (κ1) is 13.2.